The number of pyridine rings is 2. The van der Waals surface area contributed by atoms with Gasteiger partial charge in [0.1, 0.15) is 23.6 Å². The third-order valence-electron chi connectivity index (χ3n) is 10.5. The van der Waals surface area contributed by atoms with Crippen molar-refractivity contribution in [2.75, 3.05) is 23.0 Å². The first-order chi connectivity index (χ1) is 31.5. The number of phosphoric ester groups is 2. The Balaban J connectivity index is 0.000000426. The third-order valence-corrected chi connectivity index (χ3v) is 11.4. The molecule has 4 aliphatic rings. The minimum atomic E-state index is -5.15. The van der Waals surface area contributed by atoms with Gasteiger partial charge in [0.05, 0.1) is 58.6 Å². The molecule has 4 N–H and O–H groups in total. The fourth-order valence-electron chi connectivity index (χ4n) is 7.70. The molecule has 0 aliphatic carbocycles. The van der Waals surface area contributed by atoms with E-state index in [0.29, 0.717) is 47.3 Å². The number of hydrogen-bond donors (Lipinski definition) is 2. The van der Waals surface area contributed by atoms with Gasteiger partial charge in [-0.3, -0.25) is 29.1 Å². The van der Waals surface area contributed by atoms with Crippen LogP contribution in [0, 0.1) is 0 Å². The van der Waals surface area contributed by atoms with Crippen LogP contribution in [-0.4, -0.2) is 122 Å². The molecule has 2 aromatic carbocycles. The van der Waals surface area contributed by atoms with Crippen molar-refractivity contribution in [2.24, 2.45) is 14.1 Å². The van der Waals surface area contributed by atoms with Gasteiger partial charge < -0.3 is 55.2 Å². The van der Waals surface area contributed by atoms with Gasteiger partial charge in [-0.1, -0.05) is 24.3 Å². The van der Waals surface area contributed by atoms with Gasteiger partial charge in [0.25, 0.3) is 6.47 Å². The number of benzene rings is 2. The van der Waals surface area contributed by atoms with Gasteiger partial charge in [0.15, 0.2) is 0 Å². The molecule has 10 rings (SSSR count). The average molecular weight is 1060 g/mol. The number of cyclic esters (lactones) is 2. The van der Waals surface area contributed by atoms with Crippen molar-refractivity contribution in [3.63, 3.8) is 0 Å². The molecule has 0 radical (unpaired) electrons. The van der Waals surface area contributed by atoms with E-state index in [-0.39, 0.29) is 144 Å². The first-order valence-corrected chi connectivity index (χ1v) is 22.2. The number of hydrogen-bond acceptors (Lipinski definition) is 21. The van der Waals surface area contributed by atoms with Gasteiger partial charge in [-0.25, -0.2) is 14.2 Å². The standard InChI is InChI=1S/2C18H17N6O6P.CH2O3.4Na.H2O.H/c2*1-23-21-17(20-22-23)13-4-2-11(8-19-13)10-3-5-14-12(6-10)7-15-16(9-29-31(26,27)28)30-18(25)24(14)15;2-1-4-3;;;;;;/h2*2-6,8,15-16H,7,9H2,1H3,(H2,26,27,28);1,3H;;;;;1H2;/q;;;4*+1;;-1/p-3/t2*15-,16-;;;;;;;/m00......./s1. The first-order valence-electron chi connectivity index (χ1n) is 19.2. The molecule has 0 saturated carbocycles. The van der Waals surface area contributed by atoms with Crippen LogP contribution >= 0.6 is 15.6 Å². The molecule has 0 spiro atoms. The molecule has 28 nitrogen and oxygen atoms in total. The quantitative estimate of drug-likeness (QED) is 0.0400. The second kappa shape index (κ2) is 26.5. The van der Waals surface area contributed by atoms with Crippen LogP contribution in [-0.2, 0) is 64.3 Å². The first kappa shape index (κ1) is 62.3. The maximum absolute atomic E-state index is 12.3. The predicted molar refractivity (Wildman–Crippen MR) is 219 cm³/mol. The number of fused-ring (bicyclic) bond motifs is 6. The van der Waals surface area contributed by atoms with E-state index in [9.17, 15) is 28.5 Å². The second-order valence-electron chi connectivity index (χ2n) is 14.6. The molecule has 6 aromatic rings. The predicted octanol–water partition coefficient (Wildman–Crippen LogP) is -12.9. The SMILES string of the molecule is Cn1nnc(-c2ccc(-c3ccc4c(c3)C[C@H]3[C@H](COP(=O)(O)O)OC(=O)N43)cn2)n1.Cn1nnc(-c2ccc(-c3ccc4c(c3)C[C@H]3[C@H](COP(=O)([O-])[O-])OC(=O)N43)cn2)n1.O.O=CO[O-].[H-].[Na+].[Na+].[Na+].[Na+]. The van der Waals surface area contributed by atoms with Crippen LogP contribution in [0.15, 0.2) is 73.1 Å². The zero-order valence-electron chi connectivity index (χ0n) is 39.6. The summed E-state index contributed by atoms with van der Waals surface area (Å²) >= 11 is 0. The molecule has 34 heteroatoms. The van der Waals surface area contributed by atoms with Crippen LogP contribution in [0.4, 0.5) is 21.0 Å². The van der Waals surface area contributed by atoms with Crippen LogP contribution in [0.1, 0.15) is 12.6 Å². The topological polar surface area (TPSA) is 392 Å². The molecule has 71 heavy (non-hydrogen) atoms. The number of anilines is 2. The molecule has 0 bridgehead atoms. The van der Waals surface area contributed by atoms with Crippen molar-refractivity contribution in [1.82, 2.24) is 50.4 Å². The Morgan fingerprint density at radius 3 is 1.42 bits per heavy atom. The van der Waals surface area contributed by atoms with E-state index in [1.807, 2.05) is 48.5 Å². The molecule has 4 atom stereocenters. The summed E-state index contributed by atoms with van der Waals surface area (Å²) in [7, 11) is -6.45. The summed E-state index contributed by atoms with van der Waals surface area (Å²) in [6.07, 6.45) is 1.58. The monoisotopic (exact) mass is 1060 g/mol. The van der Waals surface area contributed by atoms with E-state index in [1.54, 1.807) is 38.6 Å². The number of phosphoric acid groups is 2. The zero-order valence-corrected chi connectivity index (χ0v) is 48.4. The minimum Gasteiger partial charge on any atom is -1.00 e. The van der Waals surface area contributed by atoms with Crippen LogP contribution in [0.5, 0.6) is 0 Å². The molecule has 8 heterocycles. The van der Waals surface area contributed by atoms with Crippen molar-refractivity contribution >= 4 is 45.7 Å². The summed E-state index contributed by atoms with van der Waals surface area (Å²) in [5.74, 6) is 0.863. The molecular weight excluding hydrogens is 1020 g/mol. The average Bonchev–Trinajstić information content (AvgIpc) is 4.16. The molecule has 4 aromatic heterocycles. The van der Waals surface area contributed by atoms with Gasteiger partial charge in [-0.2, -0.15) is 9.59 Å². The Hall–Kier alpha value is -2.97. The molecule has 0 unspecified atom stereocenters. The Labute approximate surface area is 491 Å². The van der Waals surface area contributed by atoms with Gasteiger partial charge in [0.2, 0.25) is 11.6 Å². The zero-order chi connectivity index (χ0) is 46.9. The largest absolute Gasteiger partial charge is 1.00 e. The summed E-state index contributed by atoms with van der Waals surface area (Å²) in [5, 5.41) is 32.2. The van der Waals surface area contributed by atoms with Crippen LogP contribution in [0.3, 0.4) is 0 Å². The number of tetrazole rings is 2. The number of aryl methyl sites for hydroxylation is 2. The number of aromatic nitrogens is 10. The van der Waals surface area contributed by atoms with Gasteiger partial charge in [0, 0.05) is 23.5 Å². The van der Waals surface area contributed by atoms with Crippen molar-refractivity contribution < 1.29 is 197 Å². The van der Waals surface area contributed by atoms with Crippen molar-refractivity contribution in [2.45, 2.75) is 37.1 Å². The molecule has 2 amide bonds. The Morgan fingerprint density at radius 1 is 0.704 bits per heavy atom. The van der Waals surface area contributed by atoms with E-state index in [2.05, 4.69) is 54.7 Å². The number of nitrogens with zero attached hydrogens (tertiary/aromatic N) is 12. The van der Waals surface area contributed by atoms with Crippen molar-refractivity contribution in [1.29, 1.82) is 0 Å². The Morgan fingerprint density at radius 2 is 1.10 bits per heavy atom. The van der Waals surface area contributed by atoms with Gasteiger partial charge in [-0.15, -0.1) is 20.4 Å². The number of amides is 2. The summed E-state index contributed by atoms with van der Waals surface area (Å²) in [5.41, 5.74) is 7.99. The van der Waals surface area contributed by atoms with Crippen molar-refractivity contribution in [3.05, 3.63) is 84.2 Å². The number of carbonyl (C=O) groups is 3. The maximum atomic E-state index is 12.3. The van der Waals surface area contributed by atoms with Crippen molar-refractivity contribution in [3.8, 4) is 45.3 Å². The molecular formula is C37H36N12Na4O16P2. The molecule has 2 saturated heterocycles. The van der Waals surface area contributed by atoms with E-state index in [1.165, 1.54) is 19.4 Å². The molecule has 2 fully saturated rings. The smallest absolute Gasteiger partial charge is 1.00 e. The van der Waals surface area contributed by atoms with Crippen LogP contribution in [0.25, 0.3) is 45.3 Å². The summed E-state index contributed by atoms with van der Waals surface area (Å²) in [6.45, 7) is -1.06. The fourth-order valence-corrected chi connectivity index (χ4v) is 8.37. The fraction of sp³-hybridized carbons (Fsp3) is 0.270. The number of ether oxygens (including phenoxy) is 2. The van der Waals surface area contributed by atoms with E-state index in [4.69, 9.17) is 29.3 Å². The number of carbonyl (C=O) groups excluding carboxylic acids is 3. The van der Waals surface area contributed by atoms with E-state index in [0.717, 1.165) is 33.4 Å². The Kier molecular flexibility index (Phi) is 23.3. The van der Waals surface area contributed by atoms with Crippen LogP contribution < -0.4 is 143 Å². The Bertz CT molecular complexity index is 2720. The second-order valence-corrected chi connectivity index (χ2v) is 17.0. The molecule has 4 aliphatic heterocycles. The minimum absolute atomic E-state index is 0. The van der Waals surface area contributed by atoms with Crippen LogP contribution in [0.2, 0.25) is 0 Å². The summed E-state index contributed by atoms with van der Waals surface area (Å²) in [4.78, 5) is 89.7. The maximum Gasteiger partial charge on any atom is 1.00 e. The number of rotatable bonds is 11. The normalized spacial score (nSPS) is 17.7. The van der Waals surface area contributed by atoms with Gasteiger partial charge >= 0.3 is 138 Å². The van der Waals surface area contributed by atoms with E-state index >= 15 is 0 Å². The van der Waals surface area contributed by atoms with Gasteiger partial charge in [-0.05, 0) is 81.9 Å². The van der Waals surface area contributed by atoms with E-state index < -0.39 is 52.7 Å². The summed E-state index contributed by atoms with van der Waals surface area (Å²) < 4.78 is 41.1. The summed E-state index contributed by atoms with van der Waals surface area (Å²) in [6, 6.07) is 17.9. The molecule has 354 valence electrons. The third kappa shape index (κ3) is 14.9.